The van der Waals surface area contributed by atoms with Crippen molar-refractivity contribution in [2.24, 2.45) is 0 Å². The molecular weight excluding hydrogens is 192 g/mol. The molecule has 1 heterocycles. The predicted octanol–water partition coefficient (Wildman–Crippen LogP) is 0.0849. The molecule has 0 atom stereocenters. The van der Waals surface area contributed by atoms with Gasteiger partial charge >= 0.3 is 0 Å². The largest absolute Gasteiger partial charge is 0.342 e. The molecule has 0 aliphatic carbocycles. The molecule has 1 aliphatic heterocycles. The quantitative estimate of drug-likeness (QED) is 0.501. The summed E-state index contributed by atoms with van der Waals surface area (Å²) in [6, 6.07) is 0. The van der Waals surface area contributed by atoms with Gasteiger partial charge in [0.2, 0.25) is 5.91 Å². The summed E-state index contributed by atoms with van der Waals surface area (Å²) < 4.78 is 0. The highest BCUT2D eigenvalue weighted by atomic mass is 16.2. The van der Waals surface area contributed by atoms with Crippen LogP contribution < -0.4 is 5.43 Å². The van der Waals surface area contributed by atoms with Gasteiger partial charge < -0.3 is 10.3 Å². The Morgan fingerprint density at radius 1 is 1.47 bits per heavy atom. The van der Waals surface area contributed by atoms with Crippen molar-refractivity contribution >= 4 is 12.1 Å². The zero-order chi connectivity index (χ0) is 11.1. The smallest absolute Gasteiger partial charge is 0.237 e. The first-order valence-corrected chi connectivity index (χ1v) is 5.45. The van der Waals surface area contributed by atoms with Gasteiger partial charge in [0.1, 0.15) is 0 Å². The number of hydrogen-bond donors (Lipinski definition) is 2. The third-order valence-corrected chi connectivity index (χ3v) is 2.57. The van der Waals surface area contributed by atoms with Crippen LogP contribution in [0.3, 0.4) is 0 Å². The summed E-state index contributed by atoms with van der Waals surface area (Å²) in [5.41, 5.74) is 2.97. The lowest BCUT2D eigenvalue weighted by molar-refractivity contribution is -0.131. The van der Waals surface area contributed by atoms with Crippen LogP contribution in [0, 0.1) is 5.41 Å². The zero-order valence-electron chi connectivity index (χ0n) is 9.33. The summed E-state index contributed by atoms with van der Waals surface area (Å²) in [7, 11) is 1.83. The van der Waals surface area contributed by atoms with Crippen molar-refractivity contribution in [1.82, 2.24) is 15.3 Å². The second-order valence-corrected chi connectivity index (χ2v) is 3.86. The summed E-state index contributed by atoms with van der Waals surface area (Å²) in [6.45, 7) is 2.65. The van der Waals surface area contributed by atoms with Crippen molar-refractivity contribution in [2.45, 2.75) is 19.3 Å². The van der Waals surface area contributed by atoms with Gasteiger partial charge in [0.15, 0.2) is 0 Å². The number of carbonyl (C=O) groups excluding carboxylic acids is 1. The number of likely N-dealkylation sites (tertiary alicyclic amines) is 1. The molecule has 15 heavy (non-hydrogen) atoms. The maximum atomic E-state index is 11.7. The maximum Gasteiger partial charge on any atom is 0.237 e. The molecule has 0 aromatic carbocycles. The van der Waals surface area contributed by atoms with Crippen LogP contribution in [0.15, 0.2) is 0 Å². The fourth-order valence-corrected chi connectivity index (χ4v) is 1.66. The van der Waals surface area contributed by atoms with E-state index in [-0.39, 0.29) is 5.91 Å². The second-order valence-electron chi connectivity index (χ2n) is 3.86. The number of nitrogens with one attached hydrogen (secondary N) is 2. The Kier molecular flexibility index (Phi) is 5.28. The minimum atomic E-state index is 0.159. The molecule has 0 bridgehead atoms. The van der Waals surface area contributed by atoms with Gasteiger partial charge in [-0.15, -0.1) is 0 Å². The standard InChI is InChI=1S/C10H20N4O/c1-13(8-5-11)12-9-10(15)14-6-3-2-4-7-14/h5,11-12H,2-4,6-9H2,1H3. The Balaban J connectivity index is 2.19. The van der Waals surface area contributed by atoms with Gasteiger partial charge in [0.05, 0.1) is 6.54 Å². The average Bonchev–Trinajstić information content (AvgIpc) is 2.27. The fraction of sp³-hybridized carbons (Fsp3) is 0.800. The van der Waals surface area contributed by atoms with E-state index in [1.165, 1.54) is 12.6 Å². The number of rotatable bonds is 5. The first kappa shape index (κ1) is 12.1. The van der Waals surface area contributed by atoms with Gasteiger partial charge in [0.25, 0.3) is 0 Å². The molecule has 1 fully saturated rings. The molecule has 0 aromatic rings. The van der Waals surface area contributed by atoms with E-state index in [1.807, 2.05) is 11.9 Å². The monoisotopic (exact) mass is 212 g/mol. The normalized spacial score (nSPS) is 16.8. The molecule has 0 aromatic heterocycles. The van der Waals surface area contributed by atoms with Crippen LogP contribution in [-0.2, 0) is 4.79 Å². The molecule has 86 valence electrons. The summed E-state index contributed by atoms with van der Waals surface area (Å²) in [5.74, 6) is 0.159. The molecule has 0 radical (unpaired) electrons. The van der Waals surface area contributed by atoms with Crippen molar-refractivity contribution in [3.63, 3.8) is 0 Å². The van der Waals surface area contributed by atoms with E-state index in [9.17, 15) is 4.79 Å². The molecule has 1 aliphatic rings. The molecule has 1 amide bonds. The second kappa shape index (κ2) is 6.53. The number of piperidine rings is 1. The Hall–Kier alpha value is -0.940. The topological polar surface area (TPSA) is 59.4 Å². The van der Waals surface area contributed by atoms with Gasteiger partial charge in [-0.25, -0.2) is 10.4 Å². The maximum absolute atomic E-state index is 11.7. The first-order valence-electron chi connectivity index (χ1n) is 5.45. The first-order chi connectivity index (χ1) is 7.24. The lowest BCUT2D eigenvalue weighted by Crippen LogP contribution is -2.45. The van der Waals surface area contributed by atoms with Crippen molar-refractivity contribution in [1.29, 1.82) is 5.41 Å². The van der Waals surface area contributed by atoms with Gasteiger partial charge in [-0.1, -0.05) is 0 Å². The summed E-state index contributed by atoms with van der Waals surface area (Å²) in [4.78, 5) is 13.6. The Morgan fingerprint density at radius 2 is 2.13 bits per heavy atom. The minimum absolute atomic E-state index is 0.159. The third kappa shape index (κ3) is 4.40. The molecule has 2 N–H and O–H groups in total. The number of carbonyl (C=O) groups is 1. The highest BCUT2D eigenvalue weighted by Gasteiger charge is 2.15. The van der Waals surface area contributed by atoms with Crippen molar-refractivity contribution in [3.8, 4) is 0 Å². The highest BCUT2D eigenvalue weighted by molar-refractivity contribution is 5.78. The molecule has 0 unspecified atom stereocenters. The van der Waals surface area contributed by atoms with Crippen LogP contribution in [-0.4, -0.2) is 55.3 Å². The van der Waals surface area contributed by atoms with Crippen LogP contribution in [0.25, 0.3) is 0 Å². The Labute approximate surface area is 90.9 Å². The van der Waals surface area contributed by atoms with Crippen LogP contribution in [0.1, 0.15) is 19.3 Å². The van der Waals surface area contributed by atoms with Gasteiger partial charge in [0, 0.05) is 32.9 Å². The molecular formula is C10H20N4O. The molecule has 5 heteroatoms. The molecule has 0 saturated carbocycles. The minimum Gasteiger partial charge on any atom is -0.342 e. The van der Waals surface area contributed by atoms with E-state index in [1.54, 1.807) is 5.01 Å². The highest BCUT2D eigenvalue weighted by Crippen LogP contribution is 2.08. The van der Waals surface area contributed by atoms with E-state index >= 15 is 0 Å². The zero-order valence-corrected chi connectivity index (χ0v) is 9.33. The molecule has 5 nitrogen and oxygen atoms in total. The van der Waals surface area contributed by atoms with Gasteiger partial charge in [-0.05, 0) is 19.3 Å². The Bertz CT molecular complexity index is 213. The van der Waals surface area contributed by atoms with E-state index in [4.69, 9.17) is 5.41 Å². The van der Waals surface area contributed by atoms with Gasteiger partial charge in [-0.3, -0.25) is 4.79 Å². The SMILES string of the molecule is CN(CC=N)NCC(=O)N1CCCCC1. The van der Waals surface area contributed by atoms with Crippen molar-refractivity contribution < 1.29 is 4.79 Å². The number of hydrazine groups is 1. The average molecular weight is 212 g/mol. The van der Waals surface area contributed by atoms with E-state index < -0.39 is 0 Å². The number of hydrogen-bond acceptors (Lipinski definition) is 4. The predicted molar refractivity (Wildman–Crippen MR) is 59.8 cm³/mol. The summed E-state index contributed by atoms with van der Waals surface area (Å²) in [5, 5.41) is 8.66. The number of amides is 1. The van der Waals surface area contributed by atoms with Crippen molar-refractivity contribution in [3.05, 3.63) is 0 Å². The van der Waals surface area contributed by atoms with Crippen LogP contribution in [0.5, 0.6) is 0 Å². The van der Waals surface area contributed by atoms with E-state index in [0.29, 0.717) is 13.1 Å². The fourth-order valence-electron chi connectivity index (χ4n) is 1.66. The Morgan fingerprint density at radius 3 is 2.73 bits per heavy atom. The van der Waals surface area contributed by atoms with Crippen LogP contribution in [0.4, 0.5) is 0 Å². The molecule has 0 spiro atoms. The third-order valence-electron chi connectivity index (χ3n) is 2.57. The summed E-state index contributed by atoms with van der Waals surface area (Å²) in [6.07, 6.45) is 4.80. The van der Waals surface area contributed by atoms with Crippen molar-refractivity contribution in [2.75, 3.05) is 33.2 Å². The summed E-state index contributed by atoms with van der Waals surface area (Å²) >= 11 is 0. The van der Waals surface area contributed by atoms with Crippen LogP contribution in [0.2, 0.25) is 0 Å². The lowest BCUT2D eigenvalue weighted by Gasteiger charge is -2.27. The molecule has 1 rings (SSSR count). The van der Waals surface area contributed by atoms with Crippen LogP contribution >= 0.6 is 0 Å². The van der Waals surface area contributed by atoms with Gasteiger partial charge in [-0.2, -0.15) is 0 Å². The molecule has 1 saturated heterocycles. The number of nitrogens with zero attached hydrogens (tertiary/aromatic N) is 2. The van der Waals surface area contributed by atoms with E-state index in [2.05, 4.69) is 5.43 Å². The lowest BCUT2D eigenvalue weighted by atomic mass is 10.1. The van der Waals surface area contributed by atoms with E-state index in [0.717, 1.165) is 25.9 Å².